The minimum absolute atomic E-state index is 0.0986. The summed E-state index contributed by atoms with van der Waals surface area (Å²) in [6, 6.07) is 21.1. The lowest BCUT2D eigenvalue weighted by atomic mass is 9.99. The minimum atomic E-state index is -4.03. The van der Waals surface area contributed by atoms with Gasteiger partial charge < -0.3 is 10.2 Å². The Hall–Kier alpha value is -3.03. The number of para-hydroxylation sites is 1. The maximum atomic E-state index is 13.6. The molecule has 1 aliphatic rings. The highest BCUT2D eigenvalue weighted by molar-refractivity contribution is 7.92. The Kier molecular flexibility index (Phi) is 8.45. The number of amides is 1. The van der Waals surface area contributed by atoms with Gasteiger partial charge >= 0.3 is 0 Å². The fraction of sp³-hybridized carbons (Fsp3) is 0.345. The van der Waals surface area contributed by atoms with E-state index in [0.717, 1.165) is 28.5 Å². The summed E-state index contributed by atoms with van der Waals surface area (Å²) in [6.45, 7) is 7.78. The van der Waals surface area contributed by atoms with Gasteiger partial charge in [-0.25, -0.2) is 8.42 Å². The van der Waals surface area contributed by atoms with Crippen molar-refractivity contribution in [3.05, 3.63) is 88.9 Å². The number of nitrogens with zero attached hydrogens (tertiary/aromatic N) is 2. The van der Waals surface area contributed by atoms with Crippen molar-refractivity contribution in [1.82, 2.24) is 5.32 Å². The molecule has 0 bridgehead atoms. The van der Waals surface area contributed by atoms with E-state index in [9.17, 15) is 13.2 Å². The van der Waals surface area contributed by atoms with Crippen LogP contribution < -0.4 is 14.5 Å². The summed E-state index contributed by atoms with van der Waals surface area (Å²) in [7, 11) is -4.03. The SMILES string of the molecule is Cc1ccc(S(=O)(=O)N(CC(=O)NC(C)c2ccc(N3CCCC(C)C3)cc2)c2ccccc2Cl)cc1. The van der Waals surface area contributed by atoms with Gasteiger partial charge in [-0.15, -0.1) is 0 Å². The third-order valence-electron chi connectivity index (χ3n) is 6.81. The lowest BCUT2D eigenvalue weighted by Crippen LogP contribution is -2.41. The molecular weight excluding hydrogens is 506 g/mol. The second kappa shape index (κ2) is 11.6. The van der Waals surface area contributed by atoms with Crippen LogP contribution in [-0.2, 0) is 14.8 Å². The molecule has 6 nitrogen and oxygen atoms in total. The number of halogens is 1. The number of anilines is 2. The highest BCUT2D eigenvalue weighted by Crippen LogP contribution is 2.30. The first-order valence-electron chi connectivity index (χ1n) is 12.6. The van der Waals surface area contributed by atoms with Crippen LogP contribution in [0.4, 0.5) is 11.4 Å². The molecule has 3 aromatic rings. The van der Waals surface area contributed by atoms with Crippen molar-refractivity contribution >= 4 is 38.9 Å². The van der Waals surface area contributed by atoms with Crippen LogP contribution in [0.25, 0.3) is 0 Å². The number of sulfonamides is 1. The van der Waals surface area contributed by atoms with Crippen LogP contribution in [0.2, 0.25) is 5.02 Å². The molecule has 196 valence electrons. The molecule has 2 unspecified atom stereocenters. The normalized spacial score (nSPS) is 16.8. The van der Waals surface area contributed by atoms with Crippen LogP contribution >= 0.6 is 11.6 Å². The van der Waals surface area contributed by atoms with E-state index in [1.807, 2.05) is 26.0 Å². The van der Waals surface area contributed by atoms with Crippen molar-refractivity contribution in [1.29, 1.82) is 0 Å². The zero-order chi connectivity index (χ0) is 26.6. The number of carbonyl (C=O) groups is 1. The van der Waals surface area contributed by atoms with Crippen molar-refractivity contribution in [3.63, 3.8) is 0 Å². The van der Waals surface area contributed by atoms with Gasteiger partial charge in [0, 0.05) is 18.8 Å². The van der Waals surface area contributed by atoms with Crippen LogP contribution in [0.3, 0.4) is 0 Å². The maximum absolute atomic E-state index is 13.6. The highest BCUT2D eigenvalue weighted by Gasteiger charge is 2.29. The van der Waals surface area contributed by atoms with Gasteiger partial charge in [0.05, 0.1) is 21.6 Å². The number of nitrogens with one attached hydrogen (secondary N) is 1. The van der Waals surface area contributed by atoms with Gasteiger partial charge in [0.25, 0.3) is 10.0 Å². The van der Waals surface area contributed by atoms with Gasteiger partial charge in [-0.2, -0.15) is 0 Å². The van der Waals surface area contributed by atoms with Crippen molar-refractivity contribution < 1.29 is 13.2 Å². The first-order valence-corrected chi connectivity index (χ1v) is 14.4. The molecule has 1 saturated heterocycles. The number of carbonyl (C=O) groups excluding carboxylic acids is 1. The van der Waals surface area contributed by atoms with Gasteiger partial charge in [0.15, 0.2) is 0 Å². The predicted octanol–water partition coefficient (Wildman–Crippen LogP) is 5.96. The smallest absolute Gasteiger partial charge is 0.264 e. The molecule has 0 aromatic heterocycles. The number of rotatable bonds is 8. The zero-order valence-corrected chi connectivity index (χ0v) is 23.1. The fourth-order valence-corrected chi connectivity index (χ4v) is 6.42. The lowest BCUT2D eigenvalue weighted by molar-refractivity contribution is -0.120. The molecule has 0 radical (unpaired) electrons. The van der Waals surface area contributed by atoms with Gasteiger partial charge in [0.2, 0.25) is 5.91 Å². The molecule has 0 aliphatic carbocycles. The van der Waals surface area contributed by atoms with Crippen molar-refractivity contribution in [3.8, 4) is 0 Å². The lowest BCUT2D eigenvalue weighted by Gasteiger charge is -2.33. The minimum Gasteiger partial charge on any atom is -0.371 e. The molecule has 0 spiro atoms. The Morgan fingerprint density at radius 1 is 1.08 bits per heavy atom. The fourth-order valence-electron chi connectivity index (χ4n) is 4.69. The van der Waals surface area contributed by atoms with E-state index in [1.165, 1.54) is 18.5 Å². The summed E-state index contributed by atoms with van der Waals surface area (Å²) in [4.78, 5) is 15.6. The van der Waals surface area contributed by atoms with Crippen LogP contribution in [-0.4, -0.2) is 34.0 Å². The highest BCUT2D eigenvalue weighted by atomic mass is 35.5. The zero-order valence-electron chi connectivity index (χ0n) is 21.5. The molecule has 1 aliphatic heterocycles. The van der Waals surface area contributed by atoms with E-state index in [0.29, 0.717) is 5.92 Å². The van der Waals surface area contributed by atoms with Crippen molar-refractivity contribution in [2.45, 2.75) is 44.6 Å². The van der Waals surface area contributed by atoms with Gasteiger partial charge in [-0.3, -0.25) is 9.10 Å². The molecule has 4 rings (SSSR count). The quantitative estimate of drug-likeness (QED) is 0.383. The van der Waals surface area contributed by atoms with E-state index in [-0.39, 0.29) is 21.6 Å². The summed E-state index contributed by atoms with van der Waals surface area (Å²) in [6.07, 6.45) is 2.46. The summed E-state index contributed by atoms with van der Waals surface area (Å²) in [5.41, 5.74) is 3.33. The summed E-state index contributed by atoms with van der Waals surface area (Å²) < 4.78 is 28.2. The molecule has 2 atom stereocenters. The Balaban J connectivity index is 1.51. The van der Waals surface area contributed by atoms with Gasteiger partial charge in [0.1, 0.15) is 6.54 Å². The Morgan fingerprint density at radius 2 is 1.76 bits per heavy atom. The number of aryl methyl sites for hydroxylation is 1. The van der Waals surface area contributed by atoms with Gasteiger partial charge in [-0.1, -0.05) is 60.5 Å². The number of hydrogen-bond donors (Lipinski definition) is 1. The van der Waals surface area contributed by atoms with E-state index < -0.39 is 22.5 Å². The predicted molar refractivity (Wildman–Crippen MR) is 151 cm³/mol. The van der Waals surface area contributed by atoms with Crippen LogP contribution in [0, 0.1) is 12.8 Å². The molecule has 1 amide bonds. The number of piperidine rings is 1. The Morgan fingerprint density at radius 3 is 2.41 bits per heavy atom. The standard InChI is InChI=1S/C29H34ClN3O3S/c1-21-10-16-26(17-11-21)37(35,36)33(28-9-5-4-8-27(28)30)20-29(34)31-23(3)24-12-14-25(15-13-24)32-18-6-7-22(2)19-32/h4-5,8-17,22-23H,6-7,18-20H2,1-3H3,(H,31,34). The summed E-state index contributed by atoms with van der Waals surface area (Å²) in [5.74, 6) is 0.265. The number of hydrogen-bond acceptors (Lipinski definition) is 4. The average molecular weight is 540 g/mol. The molecule has 1 N–H and O–H groups in total. The van der Waals surface area contributed by atoms with E-state index in [4.69, 9.17) is 11.6 Å². The van der Waals surface area contributed by atoms with Crippen LogP contribution in [0.15, 0.2) is 77.7 Å². The van der Waals surface area contributed by atoms with E-state index in [2.05, 4.69) is 29.3 Å². The maximum Gasteiger partial charge on any atom is 0.264 e. The molecule has 8 heteroatoms. The Labute approximate surface area is 225 Å². The molecule has 1 heterocycles. The molecule has 1 fully saturated rings. The molecule has 3 aromatic carbocycles. The Bertz CT molecular complexity index is 1330. The third kappa shape index (κ3) is 6.46. The third-order valence-corrected chi connectivity index (χ3v) is 8.90. The molecule has 37 heavy (non-hydrogen) atoms. The van der Waals surface area contributed by atoms with Gasteiger partial charge in [-0.05, 0) is 74.6 Å². The second-order valence-electron chi connectivity index (χ2n) is 9.85. The number of benzene rings is 3. The first kappa shape index (κ1) is 27.0. The average Bonchev–Trinajstić information content (AvgIpc) is 2.88. The van der Waals surface area contributed by atoms with Crippen LogP contribution in [0.5, 0.6) is 0 Å². The van der Waals surface area contributed by atoms with E-state index in [1.54, 1.807) is 48.5 Å². The largest absolute Gasteiger partial charge is 0.371 e. The summed E-state index contributed by atoms with van der Waals surface area (Å²) >= 11 is 6.37. The van der Waals surface area contributed by atoms with Crippen molar-refractivity contribution in [2.75, 3.05) is 28.8 Å². The molecule has 0 saturated carbocycles. The topological polar surface area (TPSA) is 69.7 Å². The second-order valence-corrected chi connectivity index (χ2v) is 12.1. The first-order chi connectivity index (χ1) is 17.6. The molecular formula is C29H34ClN3O3S. The van der Waals surface area contributed by atoms with E-state index >= 15 is 0 Å². The monoisotopic (exact) mass is 539 g/mol. The summed E-state index contributed by atoms with van der Waals surface area (Å²) in [5, 5.41) is 3.20. The van der Waals surface area contributed by atoms with Crippen LogP contribution in [0.1, 0.15) is 43.9 Å². The van der Waals surface area contributed by atoms with Crippen molar-refractivity contribution in [2.24, 2.45) is 5.92 Å².